The third-order valence-electron chi connectivity index (χ3n) is 5.40. The van der Waals surface area contributed by atoms with Gasteiger partial charge in [0.1, 0.15) is 0 Å². The van der Waals surface area contributed by atoms with Crippen LogP contribution in [0.1, 0.15) is 39.0 Å². The maximum absolute atomic E-state index is 12.1. The summed E-state index contributed by atoms with van der Waals surface area (Å²) in [6.07, 6.45) is 7.55. The summed E-state index contributed by atoms with van der Waals surface area (Å²) in [7, 11) is 1.13. The number of hydrogen-bond donors (Lipinski definition) is 2. The van der Waals surface area contributed by atoms with Gasteiger partial charge in [-0.2, -0.15) is 0 Å². The Labute approximate surface area is 165 Å². The minimum atomic E-state index is -0.690. The fraction of sp³-hybridized carbons (Fsp3) is 0.571. The lowest BCUT2D eigenvalue weighted by molar-refractivity contribution is 0.413. The van der Waals surface area contributed by atoms with Crippen LogP contribution in [0.25, 0.3) is 10.9 Å². The fourth-order valence-electron chi connectivity index (χ4n) is 3.93. The predicted molar refractivity (Wildman–Crippen MR) is 116 cm³/mol. The molecule has 0 bridgehead atoms. The predicted octanol–water partition coefficient (Wildman–Crippen LogP) is 3.28. The standard InChI is InChI=1S/C21H32N4OS/c1-3-27(26)19-10-6-9-18(16-19)24-21(22-2)23-13-7-14-25-15-12-17-8-4-5-11-20(17)25/h4-5,8,11-12,15,18-19H,3,6-7,9-10,13-14,16H2,1-2H3,(H2,22,23,24). The Balaban J connectivity index is 1.43. The monoisotopic (exact) mass is 388 g/mol. The average Bonchev–Trinajstić information content (AvgIpc) is 3.13. The number of fused-ring (bicyclic) bond motifs is 1. The molecule has 1 heterocycles. The molecule has 3 unspecified atom stereocenters. The van der Waals surface area contributed by atoms with E-state index in [1.807, 2.05) is 14.0 Å². The lowest BCUT2D eigenvalue weighted by Gasteiger charge is -2.30. The van der Waals surface area contributed by atoms with Crippen LogP contribution in [0.4, 0.5) is 0 Å². The van der Waals surface area contributed by atoms with E-state index in [1.165, 1.54) is 10.9 Å². The van der Waals surface area contributed by atoms with Gasteiger partial charge in [0.2, 0.25) is 0 Å². The van der Waals surface area contributed by atoms with Gasteiger partial charge in [-0.3, -0.25) is 9.20 Å². The van der Waals surface area contributed by atoms with E-state index in [0.717, 1.165) is 56.9 Å². The molecule has 1 aromatic carbocycles. The van der Waals surface area contributed by atoms with Gasteiger partial charge in [0.25, 0.3) is 0 Å². The van der Waals surface area contributed by atoms with E-state index in [0.29, 0.717) is 11.3 Å². The second-order valence-electron chi connectivity index (χ2n) is 7.22. The highest BCUT2D eigenvalue weighted by Gasteiger charge is 2.25. The molecule has 2 N–H and O–H groups in total. The second-order valence-corrected chi connectivity index (χ2v) is 9.23. The number of aliphatic imine (C=N–C) groups is 1. The molecule has 1 aliphatic rings. The Morgan fingerprint density at radius 3 is 2.96 bits per heavy atom. The van der Waals surface area contributed by atoms with Crippen LogP contribution in [0.15, 0.2) is 41.5 Å². The van der Waals surface area contributed by atoms with E-state index >= 15 is 0 Å². The molecular weight excluding hydrogens is 356 g/mol. The SMILES string of the molecule is CCS(=O)C1CCCC(NC(=NC)NCCCn2ccc3ccccc32)C1. The van der Waals surface area contributed by atoms with Gasteiger partial charge in [-0.1, -0.05) is 31.5 Å². The molecule has 3 atom stereocenters. The number of nitrogens with one attached hydrogen (secondary N) is 2. The smallest absolute Gasteiger partial charge is 0.191 e. The molecule has 1 fully saturated rings. The number of guanidine groups is 1. The van der Waals surface area contributed by atoms with Crippen LogP contribution in [0.3, 0.4) is 0 Å². The molecule has 27 heavy (non-hydrogen) atoms. The molecule has 0 radical (unpaired) electrons. The molecule has 0 saturated heterocycles. The molecular formula is C21H32N4OS. The first-order valence-electron chi connectivity index (χ1n) is 10.1. The molecule has 0 amide bonds. The summed E-state index contributed by atoms with van der Waals surface area (Å²) in [4.78, 5) is 4.37. The molecule has 1 aromatic heterocycles. The zero-order chi connectivity index (χ0) is 19.1. The van der Waals surface area contributed by atoms with Crippen LogP contribution in [-0.4, -0.2) is 45.4 Å². The van der Waals surface area contributed by atoms with Crippen molar-refractivity contribution < 1.29 is 4.21 Å². The Morgan fingerprint density at radius 2 is 2.15 bits per heavy atom. The van der Waals surface area contributed by atoms with Gasteiger partial charge in [-0.05, 0) is 43.2 Å². The molecule has 148 valence electrons. The summed E-state index contributed by atoms with van der Waals surface area (Å²) in [5, 5.41) is 8.60. The summed E-state index contributed by atoms with van der Waals surface area (Å²) in [5.41, 5.74) is 1.29. The first-order chi connectivity index (χ1) is 13.2. The Bertz CT molecular complexity index is 785. The topological polar surface area (TPSA) is 58.4 Å². The number of hydrogen-bond acceptors (Lipinski definition) is 2. The van der Waals surface area contributed by atoms with Crippen LogP contribution >= 0.6 is 0 Å². The molecule has 1 saturated carbocycles. The maximum Gasteiger partial charge on any atom is 0.191 e. The lowest BCUT2D eigenvalue weighted by Crippen LogP contribution is -2.46. The van der Waals surface area contributed by atoms with Gasteiger partial charge in [0.05, 0.1) is 0 Å². The Kier molecular flexibility index (Phi) is 7.33. The average molecular weight is 389 g/mol. The van der Waals surface area contributed by atoms with Gasteiger partial charge in [-0.25, -0.2) is 0 Å². The first-order valence-corrected chi connectivity index (χ1v) is 11.5. The van der Waals surface area contributed by atoms with Crippen molar-refractivity contribution in [3.63, 3.8) is 0 Å². The molecule has 0 spiro atoms. The minimum absolute atomic E-state index is 0.335. The highest BCUT2D eigenvalue weighted by Crippen LogP contribution is 2.23. The van der Waals surface area contributed by atoms with Gasteiger partial charge < -0.3 is 15.2 Å². The third kappa shape index (κ3) is 5.34. The zero-order valence-corrected chi connectivity index (χ0v) is 17.3. The van der Waals surface area contributed by atoms with Crippen LogP contribution < -0.4 is 10.6 Å². The molecule has 6 heteroatoms. The van der Waals surface area contributed by atoms with Crippen molar-refractivity contribution in [2.24, 2.45) is 4.99 Å². The van der Waals surface area contributed by atoms with Crippen LogP contribution in [0.2, 0.25) is 0 Å². The van der Waals surface area contributed by atoms with E-state index in [-0.39, 0.29) is 0 Å². The summed E-state index contributed by atoms with van der Waals surface area (Å²) in [6.45, 7) is 3.88. The van der Waals surface area contributed by atoms with Gasteiger partial charge in [0.15, 0.2) is 5.96 Å². The highest BCUT2D eigenvalue weighted by atomic mass is 32.2. The number of benzene rings is 1. The second kappa shape index (κ2) is 9.93. The summed E-state index contributed by atoms with van der Waals surface area (Å²) in [5.74, 6) is 1.62. The molecule has 5 nitrogen and oxygen atoms in total. The fourth-order valence-corrected chi connectivity index (χ4v) is 5.28. The Morgan fingerprint density at radius 1 is 1.30 bits per heavy atom. The van der Waals surface area contributed by atoms with Gasteiger partial charge in [-0.15, -0.1) is 0 Å². The van der Waals surface area contributed by atoms with Crippen LogP contribution in [0, 0.1) is 0 Å². The van der Waals surface area contributed by atoms with E-state index in [9.17, 15) is 4.21 Å². The third-order valence-corrected chi connectivity index (χ3v) is 7.14. The normalized spacial score (nSPS) is 21.9. The number of para-hydroxylation sites is 1. The van der Waals surface area contributed by atoms with E-state index in [4.69, 9.17) is 0 Å². The summed E-state index contributed by atoms with van der Waals surface area (Å²) < 4.78 is 14.4. The summed E-state index contributed by atoms with van der Waals surface area (Å²) >= 11 is 0. The van der Waals surface area contributed by atoms with Crippen molar-refractivity contribution in [2.45, 2.75) is 56.9 Å². The van der Waals surface area contributed by atoms with Gasteiger partial charge in [0, 0.05) is 59.7 Å². The Hall–Kier alpha value is -1.82. The maximum atomic E-state index is 12.1. The van der Waals surface area contributed by atoms with Crippen molar-refractivity contribution in [3.8, 4) is 0 Å². The van der Waals surface area contributed by atoms with E-state index < -0.39 is 10.8 Å². The number of aryl methyl sites for hydroxylation is 1. The van der Waals surface area contributed by atoms with E-state index in [1.54, 1.807) is 0 Å². The van der Waals surface area contributed by atoms with E-state index in [2.05, 4.69) is 56.7 Å². The van der Waals surface area contributed by atoms with Crippen molar-refractivity contribution in [1.82, 2.24) is 15.2 Å². The number of rotatable bonds is 7. The largest absolute Gasteiger partial charge is 0.356 e. The number of aromatic nitrogens is 1. The van der Waals surface area contributed by atoms with Crippen molar-refractivity contribution in [3.05, 3.63) is 36.5 Å². The van der Waals surface area contributed by atoms with Crippen LogP contribution in [-0.2, 0) is 17.3 Å². The quantitative estimate of drug-likeness (QED) is 0.435. The van der Waals surface area contributed by atoms with Crippen LogP contribution in [0.5, 0.6) is 0 Å². The van der Waals surface area contributed by atoms with Gasteiger partial charge >= 0.3 is 0 Å². The molecule has 2 aromatic rings. The van der Waals surface area contributed by atoms with Crippen molar-refractivity contribution in [1.29, 1.82) is 0 Å². The number of nitrogens with zero attached hydrogens (tertiary/aromatic N) is 2. The molecule has 0 aliphatic heterocycles. The molecule has 1 aliphatic carbocycles. The lowest BCUT2D eigenvalue weighted by atomic mass is 9.95. The highest BCUT2D eigenvalue weighted by molar-refractivity contribution is 7.85. The first kappa shape index (κ1) is 19.9. The minimum Gasteiger partial charge on any atom is -0.356 e. The molecule has 3 rings (SSSR count). The van der Waals surface area contributed by atoms with Crippen molar-refractivity contribution >= 4 is 27.7 Å². The summed E-state index contributed by atoms with van der Waals surface area (Å²) in [6, 6.07) is 11.0. The zero-order valence-electron chi connectivity index (χ0n) is 16.5. The van der Waals surface area contributed by atoms with Crippen molar-refractivity contribution in [2.75, 3.05) is 19.3 Å².